The summed E-state index contributed by atoms with van der Waals surface area (Å²) in [6.07, 6.45) is 0. The van der Waals surface area contributed by atoms with Crippen molar-refractivity contribution in [3.8, 4) is 11.3 Å². The molecule has 1 aromatic heterocycles. The molecule has 0 unspecified atom stereocenters. The molecule has 0 amide bonds. The van der Waals surface area contributed by atoms with Crippen LogP contribution < -0.4 is 0 Å². The summed E-state index contributed by atoms with van der Waals surface area (Å²) < 4.78 is 2.01. The molecule has 1 aromatic carbocycles. The summed E-state index contributed by atoms with van der Waals surface area (Å²) in [7, 11) is 0. The lowest BCUT2D eigenvalue weighted by Gasteiger charge is -2.23. The quantitative estimate of drug-likeness (QED) is 0.669. The minimum Gasteiger partial charge on any atom is -0.288 e. The highest BCUT2D eigenvalue weighted by molar-refractivity contribution is 6.21. The van der Waals surface area contributed by atoms with Crippen molar-refractivity contribution in [2.45, 2.75) is 46.1 Å². The molecule has 3 heteroatoms. The third-order valence-corrected chi connectivity index (χ3v) is 3.76. The van der Waals surface area contributed by atoms with Gasteiger partial charge in [0.05, 0.1) is 11.3 Å². The Labute approximate surface area is 119 Å². The molecule has 0 fully saturated rings. The number of aromatic nitrogens is 2. The number of hydrogen-bond acceptors (Lipinski definition) is 2. The van der Waals surface area contributed by atoms with Crippen LogP contribution in [-0.4, -0.2) is 15.6 Å². The maximum absolute atomic E-state index is 12.7. The molecule has 0 N–H and O–H groups in total. The Hall–Kier alpha value is -1.90. The molecule has 0 aliphatic heterocycles. The Bertz CT molecular complexity index is 702. The van der Waals surface area contributed by atoms with Crippen molar-refractivity contribution in [2.24, 2.45) is 0 Å². The lowest BCUT2D eigenvalue weighted by atomic mass is 9.87. The highest BCUT2D eigenvalue weighted by atomic mass is 16.1. The Morgan fingerprint density at radius 1 is 1.10 bits per heavy atom. The van der Waals surface area contributed by atoms with Crippen molar-refractivity contribution < 1.29 is 4.79 Å². The highest BCUT2D eigenvalue weighted by Gasteiger charge is 2.38. The molecular formula is C17H20N2O. The number of ketones is 1. The van der Waals surface area contributed by atoms with E-state index >= 15 is 0 Å². The molecule has 2 aromatic rings. The van der Waals surface area contributed by atoms with Crippen LogP contribution in [0.4, 0.5) is 0 Å². The fourth-order valence-electron chi connectivity index (χ4n) is 2.95. The number of fused-ring (bicyclic) bond motifs is 3. The molecule has 104 valence electrons. The van der Waals surface area contributed by atoms with Gasteiger partial charge in [-0.15, -0.1) is 0 Å². The van der Waals surface area contributed by atoms with Gasteiger partial charge in [0.2, 0.25) is 0 Å². The Morgan fingerprint density at radius 3 is 2.25 bits per heavy atom. The van der Waals surface area contributed by atoms with Crippen LogP contribution in [0.3, 0.4) is 0 Å². The number of benzene rings is 1. The van der Waals surface area contributed by atoms with Crippen molar-refractivity contribution in [1.82, 2.24) is 9.78 Å². The van der Waals surface area contributed by atoms with Gasteiger partial charge in [-0.2, -0.15) is 5.10 Å². The summed E-state index contributed by atoms with van der Waals surface area (Å²) in [5, 5.41) is 4.74. The molecule has 3 rings (SSSR count). The smallest absolute Gasteiger partial charge is 0.197 e. The maximum atomic E-state index is 12.7. The van der Waals surface area contributed by atoms with E-state index in [1.165, 1.54) is 0 Å². The van der Waals surface area contributed by atoms with E-state index in [-0.39, 0.29) is 17.2 Å². The molecule has 0 saturated heterocycles. The van der Waals surface area contributed by atoms with Crippen LogP contribution in [0.5, 0.6) is 0 Å². The average Bonchev–Trinajstić information content (AvgIpc) is 2.87. The minimum absolute atomic E-state index is 0.109. The topological polar surface area (TPSA) is 34.9 Å². The van der Waals surface area contributed by atoms with Gasteiger partial charge in [-0.05, 0) is 13.8 Å². The summed E-state index contributed by atoms with van der Waals surface area (Å²) in [6, 6.07) is 8.01. The van der Waals surface area contributed by atoms with Crippen molar-refractivity contribution in [1.29, 1.82) is 0 Å². The number of carbonyl (C=O) groups is 1. The van der Waals surface area contributed by atoms with Gasteiger partial charge in [0, 0.05) is 22.6 Å². The molecule has 0 atom stereocenters. The predicted molar refractivity (Wildman–Crippen MR) is 80.2 cm³/mol. The molecule has 0 radical (unpaired) electrons. The SMILES string of the molecule is CC(C)n1nc2c(c1C(C)(C)C)C(=O)c1ccccc1-2. The summed E-state index contributed by atoms with van der Waals surface area (Å²) in [5.41, 5.74) is 4.34. The second-order valence-corrected chi connectivity index (χ2v) is 6.74. The van der Waals surface area contributed by atoms with Gasteiger partial charge in [0.1, 0.15) is 5.69 Å². The first kappa shape index (κ1) is 13.1. The van der Waals surface area contributed by atoms with Crippen molar-refractivity contribution in [2.75, 3.05) is 0 Å². The van der Waals surface area contributed by atoms with Crippen LogP contribution in [0.1, 0.15) is 62.3 Å². The first-order chi connectivity index (χ1) is 9.32. The van der Waals surface area contributed by atoms with E-state index < -0.39 is 0 Å². The van der Waals surface area contributed by atoms with E-state index in [0.717, 1.165) is 28.1 Å². The average molecular weight is 268 g/mol. The van der Waals surface area contributed by atoms with Crippen molar-refractivity contribution in [3.63, 3.8) is 0 Å². The van der Waals surface area contributed by atoms with E-state index in [2.05, 4.69) is 34.6 Å². The zero-order valence-corrected chi connectivity index (χ0v) is 12.7. The van der Waals surface area contributed by atoms with Gasteiger partial charge in [-0.1, -0.05) is 45.0 Å². The van der Waals surface area contributed by atoms with Gasteiger partial charge >= 0.3 is 0 Å². The molecule has 20 heavy (non-hydrogen) atoms. The molecule has 0 bridgehead atoms. The Balaban J connectivity index is 2.36. The normalized spacial score (nSPS) is 13.8. The van der Waals surface area contributed by atoms with Crippen LogP contribution in [-0.2, 0) is 5.41 Å². The molecule has 0 spiro atoms. The summed E-state index contributed by atoms with van der Waals surface area (Å²) in [6.45, 7) is 10.6. The predicted octanol–water partition coefficient (Wildman–Crippen LogP) is 3.97. The second kappa shape index (κ2) is 4.05. The number of carbonyl (C=O) groups excluding carboxylic acids is 1. The minimum atomic E-state index is -0.109. The van der Waals surface area contributed by atoms with E-state index in [9.17, 15) is 4.79 Å². The van der Waals surface area contributed by atoms with Crippen LogP contribution in [0.15, 0.2) is 24.3 Å². The van der Waals surface area contributed by atoms with Crippen LogP contribution >= 0.6 is 0 Å². The third kappa shape index (κ3) is 1.65. The van der Waals surface area contributed by atoms with Gasteiger partial charge in [-0.3, -0.25) is 9.48 Å². The zero-order chi connectivity index (χ0) is 14.7. The number of hydrogen-bond donors (Lipinski definition) is 0. The fraction of sp³-hybridized carbons (Fsp3) is 0.412. The third-order valence-electron chi connectivity index (χ3n) is 3.76. The largest absolute Gasteiger partial charge is 0.288 e. The summed E-state index contributed by atoms with van der Waals surface area (Å²) >= 11 is 0. The van der Waals surface area contributed by atoms with E-state index in [0.29, 0.717) is 0 Å². The van der Waals surface area contributed by atoms with Crippen LogP contribution in [0, 0.1) is 0 Å². The van der Waals surface area contributed by atoms with Crippen LogP contribution in [0.2, 0.25) is 0 Å². The molecule has 3 nitrogen and oxygen atoms in total. The maximum Gasteiger partial charge on any atom is 0.197 e. The highest BCUT2D eigenvalue weighted by Crippen LogP contribution is 2.42. The molecule has 1 aliphatic rings. The number of rotatable bonds is 1. The summed E-state index contributed by atoms with van der Waals surface area (Å²) in [5.74, 6) is 0.118. The van der Waals surface area contributed by atoms with Gasteiger partial charge in [-0.25, -0.2) is 0 Å². The standard InChI is InChI=1S/C17H20N2O/c1-10(2)19-16(17(3,4)5)13-14(18-19)11-8-6-7-9-12(11)15(13)20/h6-10H,1-5H3. The second-order valence-electron chi connectivity index (χ2n) is 6.74. The van der Waals surface area contributed by atoms with Gasteiger partial charge in [0.15, 0.2) is 5.78 Å². The van der Waals surface area contributed by atoms with E-state index in [1.807, 2.05) is 28.9 Å². The molecular weight excluding hydrogens is 248 g/mol. The van der Waals surface area contributed by atoms with Crippen LogP contribution in [0.25, 0.3) is 11.3 Å². The van der Waals surface area contributed by atoms with Crippen molar-refractivity contribution in [3.05, 3.63) is 41.1 Å². The lowest BCUT2D eigenvalue weighted by molar-refractivity contribution is 0.104. The molecule has 0 saturated carbocycles. The molecule has 1 heterocycles. The number of nitrogens with zero attached hydrogens (tertiary/aromatic N) is 2. The fourth-order valence-corrected chi connectivity index (χ4v) is 2.95. The van der Waals surface area contributed by atoms with E-state index in [4.69, 9.17) is 5.10 Å². The van der Waals surface area contributed by atoms with Crippen molar-refractivity contribution >= 4 is 5.78 Å². The Kier molecular flexibility index (Phi) is 2.65. The first-order valence-corrected chi connectivity index (χ1v) is 7.09. The Morgan fingerprint density at radius 2 is 1.70 bits per heavy atom. The monoisotopic (exact) mass is 268 g/mol. The first-order valence-electron chi connectivity index (χ1n) is 7.09. The molecule has 1 aliphatic carbocycles. The zero-order valence-electron chi connectivity index (χ0n) is 12.7. The van der Waals surface area contributed by atoms with Gasteiger partial charge in [0.25, 0.3) is 0 Å². The van der Waals surface area contributed by atoms with Gasteiger partial charge < -0.3 is 0 Å². The van der Waals surface area contributed by atoms with E-state index in [1.54, 1.807) is 0 Å². The summed E-state index contributed by atoms with van der Waals surface area (Å²) in [4.78, 5) is 12.7. The lowest BCUT2D eigenvalue weighted by Crippen LogP contribution is -2.22.